The molecule has 0 saturated heterocycles. The lowest BCUT2D eigenvalue weighted by Gasteiger charge is -2.14. The molecule has 0 spiro atoms. The zero-order valence-electron chi connectivity index (χ0n) is 17.9. The number of carbonyl (C=O) groups excluding carboxylic acids is 2. The summed E-state index contributed by atoms with van der Waals surface area (Å²) >= 11 is 5.62. The van der Waals surface area contributed by atoms with E-state index in [1.165, 1.54) is 0 Å². The molecule has 0 atom stereocenters. The van der Waals surface area contributed by atoms with Crippen LogP contribution >= 0.6 is 11.6 Å². The number of aromatic nitrogens is 1. The third kappa shape index (κ3) is 4.96. The number of nitrogens with zero attached hydrogens (tertiary/aromatic N) is 1. The molecule has 33 heavy (non-hydrogen) atoms. The number of alkyl halides is 1. The van der Waals surface area contributed by atoms with Crippen molar-refractivity contribution in [3.8, 4) is 22.8 Å². The molecular weight excluding hydrogens is 440 g/mol. The Morgan fingerprint density at radius 3 is 2.42 bits per heavy atom. The molecule has 7 heteroatoms. The van der Waals surface area contributed by atoms with Gasteiger partial charge < -0.3 is 14.8 Å². The van der Waals surface area contributed by atoms with Crippen molar-refractivity contribution < 1.29 is 19.1 Å². The number of esters is 1. The summed E-state index contributed by atoms with van der Waals surface area (Å²) in [6, 6.07) is 21.6. The summed E-state index contributed by atoms with van der Waals surface area (Å²) in [4.78, 5) is 29.0. The third-order valence-corrected chi connectivity index (χ3v) is 5.23. The summed E-state index contributed by atoms with van der Waals surface area (Å²) in [6.07, 6.45) is 1.93. The highest BCUT2D eigenvalue weighted by Crippen LogP contribution is 2.39. The summed E-state index contributed by atoms with van der Waals surface area (Å²) in [6.45, 7) is 0. The van der Waals surface area contributed by atoms with Crippen molar-refractivity contribution >= 4 is 39.9 Å². The fraction of sp³-hybridized carbons (Fsp3) is 0.115. The molecule has 1 aromatic heterocycles. The maximum absolute atomic E-state index is 12.7. The quantitative estimate of drug-likeness (QED) is 0.217. The molecule has 0 saturated carbocycles. The minimum absolute atomic E-state index is 0.149. The van der Waals surface area contributed by atoms with Crippen LogP contribution in [0.15, 0.2) is 79.0 Å². The van der Waals surface area contributed by atoms with E-state index in [1.807, 2.05) is 24.3 Å². The van der Waals surface area contributed by atoms with Gasteiger partial charge in [-0.1, -0.05) is 36.4 Å². The lowest BCUT2D eigenvalue weighted by Crippen LogP contribution is -2.11. The Hall–Kier alpha value is -3.90. The number of benzene rings is 3. The molecule has 0 bridgehead atoms. The molecule has 0 radical (unpaired) electrons. The average Bonchev–Trinajstić information content (AvgIpc) is 2.85. The highest BCUT2D eigenvalue weighted by molar-refractivity contribution is 6.19. The van der Waals surface area contributed by atoms with Crippen LogP contribution in [0.25, 0.3) is 21.9 Å². The lowest BCUT2D eigenvalue weighted by atomic mass is 9.99. The topological polar surface area (TPSA) is 77.5 Å². The lowest BCUT2D eigenvalue weighted by molar-refractivity contribution is -0.115. The van der Waals surface area contributed by atoms with Crippen LogP contribution in [-0.4, -0.2) is 29.9 Å². The Kier molecular flexibility index (Phi) is 6.86. The van der Waals surface area contributed by atoms with Crippen molar-refractivity contribution in [3.05, 3.63) is 84.6 Å². The molecule has 1 amide bonds. The van der Waals surface area contributed by atoms with Gasteiger partial charge in [-0.2, -0.15) is 0 Å². The normalized spacial score (nSPS) is 10.6. The fourth-order valence-corrected chi connectivity index (χ4v) is 3.66. The second kappa shape index (κ2) is 10.1. The first-order valence-electron chi connectivity index (χ1n) is 10.3. The minimum atomic E-state index is -0.456. The van der Waals surface area contributed by atoms with Crippen molar-refractivity contribution in [3.63, 3.8) is 0 Å². The van der Waals surface area contributed by atoms with Crippen LogP contribution in [0.2, 0.25) is 0 Å². The number of rotatable bonds is 7. The molecule has 1 heterocycles. The second-order valence-corrected chi connectivity index (χ2v) is 7.56. The van der Waals surface area contributed by atoms with Gasteiger partial charge in [0.2, 0.25) is 11.8 Å². The first-order valence-corrected chi connectivity index (χ1v) is 10.8. The van der Waals surface area contributed by atoms with Crippen molar-refractivity contribution in [2.45, 2.75) is 6.42 Å². The molecule has 6 nitrogen and oxygen atoms in total. The van der Waals surface area contributed by atoms with Crippen molar-refractivity contribution in [1.29, 1.82) is 0 Å². The van der Waals surface area contributed by atoms with E-state index in [-0.39, 0.29) is 18.2 Å². The molecule has 4 aromatic rings. The Morgan fingerprint density at radius 1 is 0.970 bits per heavy atom. The summed E-state index contributed by atoms with van der Waals surface area (Å²) in [5, 5.41) is 4.22. The van der Waals surface area contributed by atoms with Gasteiger partial charge in [0.15, 0.2) is 0 Å². The molecule has 0 fully saturated rings. The Bertz CT molecular complexity index is 1290. The highest BCUT2D eigenvalue weighted by Gasteiger charge is 2.17. The van der Waals surface area contributed by atoms with Crippen LogP contribution in [0.3, 0.4) is 0 Å². The van der Waals surface area contributed by atoms with Gasteiger partial charge in [0, 0.05) is 40.5 Å². The van der Waals surface area contributed by atoms with E-state index in [0.717, 1.165) is 11.1 Å². The van der Waals surface area contributed by atoms with E-state index in [2.05, 4.69) is 10.3 Å². The van der Waals surface area contributed by atoms with Crippen LogP contribution in [0.1, 0.15) is 16.8 Å². The maximum Gasteiger partial charge on any atom is 0.343 e. The summed E-state index contributed by atoms with van der Waals surface area (Å²) < 4.78 is 11.2. The number of hydrogen-bond acceptors (Lipinski definition) is 5. The number of hydrogen-bond donors (Lipinski definition) is 1. The zero-order valence-corrected chi connectivity index (χ0v) is 18.6. The predicted molar refractivity (Wildman–Crippen MR) is 129 cm³/mol. The second-order valence-electron chi connectivity index (χ2n) is 7.18. The average molecular weight is 461 g/mol. The molecule has 4 rings (SSSR count). The molecular formula is C26H21ClN2O4. The van der Waals surface area contributed by atoms with Crippen LogP contribution in [-0.2, 0) is 4.79 Å². The molecule has 0 unspecified atom stereocenters. The van der Waals surface area contributed by atoms with E-state index in [0.29, 0.717) is 33.7 Å². The maximum atomic E-state index is 12.7. The Labute approximate surface area is 196 Å². The van der Waals surface area contributed by atoms with Gasteiger partial charge in [-0.3, -0.25) is 4.79 Å². The van der Waals surface area contributed by atoms with Crippen LogP contribution in [0, 0.1) is 0 Å². The van der Waals surface area contributed by atoms with E-state index < -0.39 is 5.97 Å². The number of halogens is 1. The van der Waals surface area contributed by atoms with Gasteiger partial charge in [-0.15, -0.1) is 11.6 Å². The van der Waals surface area contributed by atoms with E-state index >= 15 is 0 Å². The number of amides is 1. The van der Waals surface area contributed by atoms with E-state index in [1.54, 1.807) is 61.8 Å². The largest absolute Gasteiger partial charge is 0.481 e. The minimum Gasteiger partial charge on any atom is -0.481 e. The molecule has 3 aromatic carbocycles. The number of nitrogens with one attached hydrogen (secondary N) is 1. The van der Waals surface area contributed by atoms with Crippen molar-refractivity contribution in [2.75, 3.05) is 18.3 Å². The SMILES string of the molecule is COc1ncc(-c2ccc(NC(=O)CCCl)cc2)c2c(OC(=O)c3ccccc3)cccc12. The summed E-state index contributed by atoms with van der Waals surface area (Å²) in [5.41, 5.74) is 2.72. The molecule has 0 aliphatic rings. The third-order valence-electron chi connectivity index (χ3n) is 5.04. The smallest absolute Gasteiger partial charge is 0.343 e. The Morgan fingerprint density at radius 2 is 1.73 bits per heavy atom. The fourth-order valence-electron chi connectivity index (χ4n) is 3.49. The number of carbonyl (C=O) groups is 2. The number of anilines is 1. The van der Waals surface area contributed by atoms with Crippen LogP contribution in [0.4, 0.5) is 5.69 Å². The van der Waals surface area contributed by atoms with Gasteiger partial charge in [0.25, 0.3) is 0 Å². The zero-order chi connectivity index (χ0) is 23.2. The number of fused-ring (bicyclic) bond motifs is 1. The van der Waals surface area contributed by atoms with E-state index in [4.69, 9.17) is 21.1 Å². The summed E-state index contributed by atoms with van der Waals surface area (Å²) in [7, 11) is 1.54. The van der Waals surface area contributed by atoms with Crippen molar-refractivity contribution in [1.82, 2.24) is 4.98 Å². The van der Waals surface area contributed by atoms with Gasteiger partial charge in [0.1, 0.15) is 5.75 Å². The highest BCUT2D eigenvalue weighted by atomic mass is 35.5. The monoisotopic (exact) mass is 460 g/mol. The van der Waals surface area contributed by atoms with Crippen LogP contribution < -0.4 is 14.8 Å². The predicted octanol–water partition coefficient (Wildman–Crippen LogP) is 5.70. The first kappa shape index (κ1) is 22.3. The van der Waals surface area contributed by atoms with Crippen molar-refractivity contribution in [2.24, 2.45) is 0 Å². The van der Waals surface area contributed by atoms with Gasteiger partial charge >= 0.3 is 5.97 Å². The van der Waals surface area contributed by atoms with Crippen LogP contribution in [0.5, 0.6) is 11.6 Å². The first-order chi connectivity index (χ1) is 16.1. The van der Waals surface area contributed by atoms with Gasteiger partial charge in [0.05, 0.1) is 12.7 Å². The number of pyridine rings is 1. The molecule has 0 aliphatic heterocycles. The molecule has 0 aliphatic carbocycles. The summed E-state index contributed by atoms with van der Waals surface area (Å²) in [5.74, 6) is 0.484. The number of ether oxygens (including phenoxy) is 2. The standard InChI is InChI=1S/C26H21ClN2O4/c1-32-25-20-8-5-9-22(33-26(31)18-6-3-2-4-7-18)24(20)21(16-28-25)17-10-12-19(13-11-17)29-23(30)14-15-27/h2-13,16H,14-15H2,1H3,(H,29,30). The van der Waals surface area contributed by atoms with Gasteiger partial charge in [-0.05, 0) is 42.0 Å². The number of methoxy groups -OCH3 is 1. The molecule has 166 valence electrons. The molecule has 1 N–H and O–H groups in total. The van der Waals surface area contributed by atoms with Gasteiger partial charge in [-0.25, -0.2) is 9.78 Å². The van der Waals surface area contributed by atoms with E-state index in [9.17, 15) is 9.59 Å². The Balaban J connectivity index is 1.75.